The SMILES string of the molecule is Cc1ccc(-c2nc(-c3ccccn3)cc(N3CCN(CC(=O)O)CC3)n2)cc1. The second-order valence-electron chi connectivity index (χ2n) is 7.17. The topological polar surface area (TPSA) is 82.5 Å². The number of aromatic nitrogens is 3. The largest absolute Gasteiger partial charge is 0.480 e. The number of rotatable bonds is 5. The van der Waals surface area contributed by atoms with Crippen LogP contribution in [0.4, 0.5) is 5.82 Å². The maximum Gasteiger partial charge on any atom is 0.317 e. The fourth-order valence-corrected chi connectivity index (χ4v) is 3.40. The highest BCUT2D eigenvalue weighted by atomic mass is 16.4. The van der Waals surface area contributed by atoms with Crippen LogP contribution in [0.3, 0.4) is 0 Å². The summed E-state index contributed by atoms with van der Waals surface area (Å²) in [6.45, 7) is 4.95. The van der Waals surface area contributed by atoms with Gasteiger partial charge in [-0.05, 0) is 19.1 Å². The number of aryl methyl sites for hydroxylation is 1. The Bertz CT molecular complexity index is 984. The molecule has 0 spiro atoms. The molecule has 0 radical (unpaired) electrons. The maximum absolute atomic E-state index is 11.0. The van der Waals surface area contributed by atoms with Crippen LogP contribution in [0.15, 0.2) is 54.7 Å². The Labute approximate surface area is 169 Å². The second-order valence-corrected chi connectivity index (χ2v) is 7.17. The Balaban J connectivity index is 1.67. The molecule has 7 heteroatoms. The molecular weight excluding hydrogens is 366 g/mol. The van der Waals surface area contributed by atoms with Gasteiger partial charge in [0.15, 0.2) is 5.82 Å². The lowest BCUT2D eigenvalue weighted by molar-refractivity contribution is -0.138. The van der Waals surface area contributed by atoms with Gasteiger partial charge in [-0.15, -0.1) is 0 Å². The van der Waals surface area contributed by atoms with Gasteiger partial charge >= 0.3 is 5.97 Å². The van der Waals surface area contributed by atoms with Crippen molar-refractivity contribution in [2.24, 2.45) is 0 Å². The molecule has 1 aliphatic rings. The first-order chi connectivity index (χ1) is 14.1. The quantitative estimate of drug-likeness (QED) is 0.718. The summed E-state index contributed by atoms with van der Waals surface area (Å²) in [4.78, 5) is 29.1. The van der Waals surface area contributed by atoms with E-state index in [4.69, 9.17) is 15.1 Å². The Morgan fingerprint density at radius 2 is 1.76 bits per heavy atom. The molecule has 1 saturated heterocycles. The van der Waals surface area contributed by atoms with Crippen LogP contribution in [0.5, 0.6) is 0 Å². The van der Waals surface area contributed by atoms with Gasteiger partial charge in [0.1, 0.15) is 5.82 Å². The van der Waals surface area contributed by atoms with Crippen molar-refractivity contribution < 1.29 is 9.90 Å². The van der Waals surface area contributed by atoms with Crippen LogP contribution in [0, 0.1) is 6.92 Å². The fraction of sp³-hybridized carbons (Fsp3) is 0.273. The van der Waals surface area contributed by atoms with E-state index in [9.17, 15) is 4.79 Å². The smallest absolute Gasteiger partial charge is 0.317 e. The summed E-state index contributed by atoms with van der Waals surface area (Å²) in [6.07, 6.45) is 1.76. The van der Waals surface area contributed by atoms with E-state index < -0.39 is 5.97 Å². The molecule has 4 rings (SSSR count). The molecule has 29 heavy (non-hydrogen) atoms. The Morgan fingerprint density at radius 1 is 1.00 bits per heavy atom. The normalized spacial score (nSPS) is 14.7. The predicted molar refractivity (Wildman–Crippen MR) is 112 cm³/mol. The first-order valence-corrected chi connectivity index (χ1v) is 9.65. The highest BCUT2D eigenvalue weighted by Gasteiger charge is 2.21. The second kappa shape index (κ2) is 8.36. The number of carboxylic acids is 1. The third-order valence-electron chi connectivity index (χ3n) is 5.00. The van der Waals surface area contributed by atoms with Crippen LogP contribution in [-0.2, 0) is 4.79 Å². The van der Waals surface area contributed by atoms with Crippen molar-refractivity contribution in [2.45, 2.75) is 6.92 Å². The van der Waals surface area contributed by atoms with Gasteiger partial charge in [0, 0.05) is 44.0 Å². The van der Waals surface area contributed by atoms with E-state index in [0.29, 0.717) is 18.9 Å². The molecule has 1 aromatic carbocycles. The lowest BCUT2D eigenvalue weighted by atomic mass is 10.1. The van der Waals surface area contributed by atoms with Gasteiger partial charge in [0.05, 0.1) is 17.9 Å². The summed E-state index contributed by atoms with van der Waals surface area (Å²) in [7, 11) is 0. The van der Waals surface area contributed by atoms with Crippen molar-refractivity contribution in [3.63, 3.8) is 0 Å². The number of carbonyl (C=O) groups is 1. The van der Waals surface area contributed by atoms with Crippen molar-refractivity contribution in [3.05, 3.63) is 60.3 Å². The van der Waals surface area contributed by atoms with Crippen LogP contribution >= 0.6 is 0 Å². The molecule has 2 aromatic heterocycles. The summed E-state index contributed by atoms with van der Waals surface area (Å²) >= 11 is 0. The molecule has 3 aromatic rings. The van der Waals surface area contributed by atoms with E-state index in [2.05, 4.69) is 28.9 Å². The lowest BCUT2D eigenvalue weighted by Crippen LogP contribution is -2.48. The van der Waals surface area contributed by atoms with Gasteiger partial charge in [0.25, 0.3) is 0 Å². The average molecular weight is 389 g/mol. The van der Waals surface area contributed by atoms with Crippen LogP contribution in [0.25, 0.3) is 22.8 Å². The number of benzene rings is 1. The number of hydrogen-bond donors (Lipinski definition) is 1. The molecule has 0 aliphatic carbocycles. The van der Waals surface area contributed by atoms with Crippen LogP contribution < -0.4 is 4.90 Å². The number of anilines is 1. The minimum Gasteiger partial charge on any atom is -0.480 e. The number of hydrogen-bond acceptors (Lipinski definition) is 6. The number of piperazine rings is 1. The van der Waals surface area contributed by atoms with E-state index in [-0.39, 0.29) is 6.54 Å². The summed E-state index contributed by atoms with van der Waals surface area (Å²) in [5.41, 5.74) is 3.72. The zero-order chi connectivity index (χ0) is 20.2. The molecule has 1 fully saturated rings. The zero-order valence-corrected chi connectivity index (χ0v) is 16.3. The van der Waals surface area contributed by atoms with E-state index >= 15 is 0 Å². The molecule has 1 aliphatic heterocycles. The molecule has 148 valence electrons. The number of pyridine rings is 1. The molecule has 0 amide bonds. The van der Waals surface area contributed by atoms with E-state index in [0.717, 1.165) is 35.9 Å². The van der Waals surface area contributed by atoms with Crippen molar-refractivity contribution in [3.8, 4) is 22.8 Å². The molecular formula is C22H23N5O2. The Hall–Kier alpha value is -3.32. The molecule has 1 N–H and O–H groups in total. The average Bonchev–Trinajstić information content (AvgIpc) is 2.75. The van der Waals surface area contributed by atoms with Gasteiger partial charge in [0.2, 0.25) is 0 Å². The van der Waals surface area contributed by atoms with E-state index in [1.54, 1.807) is 6.20 Å². The first kappa shape index (κ1) is 19.0. The Kier molecular flexibility index (Phi) is 5.48. The molecule has 3 heterocycles. The van der Waals surface area contributed by atoms with Gasteiger partial charge in [-0.25, -0.2) is 9.97 Å². The molecule has 0 unspecified atom stereocenters. The fourth-order valence-electron chi connectivity index (χ4n) is 3.40. The summed E-state index contributed by atoms with van der Waals surface area (Å²) in [5.74, 6) is 0.710. The standard InChI is InChI=1S/C22H23N5O2/c1-16-5-7-17(8-6-16)22-24-19(18-4-2-3-9-23-18)14-20(25-22)27-12-10-26(11-13-27)15-21(28)29/h2-9,14H,10-13,15H2,1H3,(H,28,29). The van der Waals surface area contributed by atoms with Gasteiger partial charge in [-0.1, -0.05) is 35.9 Å². The third kappa shape index (κ3) is 4.57. The number of nitrogens with zero attached hydrogens (tertiary/aromatic N) is 5. The number of carboxylic acid groups (broad SMARTS) is 1. The van der Waals surface area contributed by atoms with Gasteiger partial charge in [-0.3, -0.25) is 14.7 Å². The summed E-state index contributed by atoms with van der Waals surface area (Å²) in [6, 6.07) is 15.9. The molecule has 0 bridgehead atoms. The molecule has 0 saturated carbocycles. The van der Waals surface area contributed by atoms with E-state index in [1.807, 2.05) is 41.3 Å². The zero-order valence-electron chi connectivity index (χ0n) is 16.3. The van der Waals surface area contributed by atoms with Crippen LogP contribution in [0.1, 0.15) is 5.56 Å². The Morgan fingerprint density at radius 3 is 2.41 bits per heavy atom. The van der Waals surface area contributed by atoms with E-state index in [1.165, 1.54) is 5.56 Å². The molecule has 7 nitrogen and oxygen atoms in total. The van der Waals surface area contributed by atoms with Crippen molar-refractivity contribution in [1.82, 2.24) is 19.9 Å². The first-order valence-electron chi connectivity index (χ1n) is 9.65. The van der Waals surface area contributed by atoms with Gasteiger partial charge in [-0.2, -0.15) is 0 Å². The molecule has 0 atom stereocenters. The minimum absolute atomic E-state index is 0.0748. The lowest BCUT2D eigenvalue weighted by Gasteiger charge is -2.34. The number of aliphatic carboxylic acids is 1. The predicted octanol–water partition coefficient (Wildman–Crippen LogP) is 2.72. The van der Waals surface area contributed by atoms with Crippen molar-refractivity contribution >= 4 is 11.8 Å². The third-order valence-corrected chi connectivity index (χ3v) is 5.00. The summed E-state index contributed by atoms with van der Waals surface area (Å²) in [5, 5.41) is 9.01. The minimum atomic E-state index is -0.792. The highest BCUT2D eigenvalue weighted by Crippen LogP contribution is 2.26. The van der Waals surface area contributed by atoms with Crippen LogP contribution in [0.2, 0.25) is 0 Å². The van der Waals surface area contributed by atoms with Gasteiger partial charge < -0.3 is 10.0 Å². The van der Waals surface area contributed by atoms with Crippen molar-refractivity contribution in [2.75, 3.05) is 37.6 Å². The summed E-state index contributed by atoms with van der Waals surface area (Å²) < 4.78 is 0. The highest BCUT2D eigenvalue weighted by molar-refractivity contribution is 5.69. The van der Waals surface area contributed by atoms with Crippen molar-refractivity contribution in [1.29, 1.82) is 0 Å². The maximum atomic E-state index is 11.0. The monoisotopic (exact) mass is 389 g/mol. The van der Waals surface area contributed by atoms with Crippen LogP contribution in [-0.4, -0.2) is 63.7 Å².